The summed E-state index contributed by atoms with van der Waals surface area (Å²) in [6.45, 7) is 0.142. The van der Waals surface area contributed by atoms with Gasteiger partial charge in [0.25, 0.3) is 17.4 Å². The van der Waals surface area contributed by atoms with E-state index in [1.54, 1.807) is 24.3 Å². The Morgan fingerprint density at radius 2 is 1.94 bits per heavy atom. The van der Waals surface area contributed by atoms with Gasteiger partial charge in [-0.15, -0.1) is 0 Å². The number of benzene rings is 2. The van der Waals surface area contributed by atoms with Gasteiger partial charge >= 0.3 is 6.01 Å². The van der Waals surface area contributed by atoms with E-state index in [-0.39, 0.29) is 40.0 Å². The number of fused-ring (bicyclic) bond motifs is 1. The second-order valence-corrected chi connectivity index (χ2v) is 8.48. The molecule has 1 atom stereocenters. The van der Waals surface area contributed by atoms with E-state index >= 15 is 0 Å². The van der Waals surface area contributed by atoms with Crippen LogP contribution >= 0.6 is 23.2 Å². The molecular weight excluding hydrogens is 507 g/mol. The van der Waals surface area contributed by atoms with Gasteiger partial charge in [0.05, 0.1) is 23.9 Å². The van der Waals surface area contributed by atoms with Gasteiger partial charge in [-0.2, -0.15) is 4.98 Å². The molecule has 184 valence electrons. The number of H-pyrrole nitrogens is 1. The van der Waals surface area contributed by atoms with Crippen molar-refractivity contribution in [1.82, 2.24) is 20.3 Å². The van der Waals surface area contributed by atoms with Crippen molar-refractivity contribution in [1.29, 1.82) is 0 Å². The lowest BCUT2D eigenvalue weighted by atomic mass is 10.1. The predicted octanol–water partition coefficient (Wildman–Crippen LogP) is 3.32. The summed E-state index contributed by atoms with van der Waals surface area (Å²) in [6, 6.07) is 12.3. The minimum Gasteiger partial charge on any atom is -0.467 e. The quantitative estimate of drug-likeness (QED) is 0.288. The molecule has 2 aromatic heterocycles. The number of nitrogens with zero attached hydrogens (tertiary/aromatic N) is 2. The van der Waals surface area contributed by atoms with E-state index in [4.69, 9.17) is 33.7 Å². The fourth-order valence-electron chi connectivity index (χ4n) is 3.44. The number of aromatic nitrogens is 3. The molecule has 0 unspecified atom stereocenters. The van der Waals surface area contributed by atoms with Crippen molar-refractivity contribution >= 4 is 51.7 Å². The smallest absolute Gasteiger partial charge is 0.318 e. The number of anilines is 1. The first kappa shape index (κ1) is 25.1. The number of methoxy groups -OCH3 is 1. The topological polar surface area (TPSA) is 152 Å². The molecule has 0 aliphatic heterocycles. The summed E-state index contributed by atoms with van der Waals surface area (Å²) in [5, 5.41) is 6.54. The molecule has 12 heteroatoms. The van der Waals surface area contributed by atoms with Crippen LogP contribution in [0.1, 0.15) is 32.3 Å². The van der Waals surface area contributed by atoms with Crippen LogP contribution in [0.2, 0.25) is 10.0 Å². The number of carbonyl (C=O) groups is 2. The summed E-state index contributed by atoms with van der Waals surface area (Å²) in [7, 11) is 1.40. The summed E-state index contributed by atoms with van der Waals surface area (Å²) in [5.74, 6) is -1.17. The molecule has 2 aromatic carbocycles. The van der Waals surface area contributed by atoms with Crippen molar-refractivity contribution in [2.75, 3.05) is 19.0 Å². The normalized spacial score (nSPS) is 11.7. The third-order valence-electron chi connectivity index (χ3n) is 5.27. The summed E-state index contributed by atoms with van der Waals surface area (Å²) < 4.78 is 4.94. The standard InChI is InChI=1S/C24H20Cl2N6O4/c1-36-24-28-11-14-8-16(23(35)31-20(14)32-24)22(34)29-18-9-13(5-6-17(18)26)21(33)30-19(10-27)12-3-2-4-15(25)7-12/h2-9,11,19H,10,27H2,1H3,(H,29,34)(H,30,33)(H,28,31,32,35)/t19-/m1/s1. The number of amides is 2. The molecule has 36 heavy (non-hydrogen) atoms. The zero-order valence-electron chi connectivity index (χ0n) is 18.8. The molecule has 0 aliphatic rings. The minimum atomic E-state index is -0.729. The van der Waals surface area contributed by atoms with Crippen molar-refractivity contribution in [2.45, 2.75) is 6.04 Å². The predicted molar refractivity (Wildman–Crippen MR) is 137 cm³/mol. The van der Waals surface area contributed by atoms with Crippen LogP contribution in [0.3, 0.4) is 0 Å². The molecular formula is C24H20Cl2N6O4. The lowest BCUT2D eigenvalue weighted by molar-refractivity contribution is 0.0936. The van der Waals surface area contributed by atoms with E-state index in [1.807, 2.05) is 0 Å². The number of halogens is 2. The molecule has 0 radical (unpaired) electrons. The van der Waals surface area contributed by atoms with Crippen LogP contribution in [-0.2, 0) is 0 Å². The van der Waals surface area contributed by atoms with Crippen LogP contribution in [0.5, 0.6) is 6.01 Å². The fraction of sp³-hybridized carbons (Fsp3) is 0.125. The Hall–Kier alpha value is -3.99. The molecule has 5 N–H and O–H groups in total. The molecule has 4 aromatic rings. The Morgan fingerprint density at radius 3 is 2.67 bits per heavy atom. The summed E-state index contributed by atoms with van der Waals surface area (Å²) in [5.41, 5.74) is 6.33. The zero-order chi connectivity index (χ0) is 25.8. The lowest BCUT2D eigenvalue weighted by Crippen LogP contribution is -2.33. The second kappa shape index (κ2) is 10.7. The molecule has 2 heterocycles. The first-order valence-corrected chi connectivity index (χ1v) is 11.4. The molecule has 10 nitrogen and oxygen atoms in total. The average molecular weight is 527 g/mol. The van der Waals surface area contributed by atoms with Gasteiger partial charge < -0.3 is 26.1 Å². The highest BCUT2D eigenvalue weighted by molar-refractivity contribution is 6.34. The lowest BCUT2D eigenvalue weighted by Gasteiger charge is -2.18. The Balaban J connectivity index is 1.56. The number of nitrogens with one attached hydrogen (secondary N) is 3. The highest BCUT2D eigenvalue weighted by Gasteiger charge is 2.18. The fourth-order valence-corrected chi connectivity index (χ4v) is 3.80. The molecule has 2 amide bonds. The number of aromatic amines is 1. The average Bonchev–Trinajstić information content (AvgIpc) is 2.87. The van der Waals surface area contributed by atoms with Crippen LogP contribution in [0, 0.1) is 0 Å². The van der Waals surface area contributed by atoms with E-state index in [1.165, 1.54) is 37.6 Å². The molecule has 0 aliphatic carbocycles. The Bertz CT molecular complexity index is 1520. The number of pyridine rings is 1. The summed E-state index contributed by atoms with van der Waals surface area (Å²) in [4.78, 5) is 48.8. The summed E-state index contributed by atoms with van der Waals surface area (Å²) >= 11 is 12.3. The molecule has 0 saturated carbocycles. The molecule has 0 spiro atoms. The Morgan fingerprint density at radius 1 is 1.14 bits per heavy atom. The largest absolute Gasteiger partial charge is 0.467 e. The zero-order valence-corrected chi connectivity index (χ0v) is 20.4. The SMILES string of the molecule is COc1ncc2cc(C(=O)Nc3cc(C(=O)N[C@H](CN)c4cccc(Cl)c4)ccc3Cl)c(=O)[nH]c2n1. The van der Waals surface area contributed by atoms with Gasteiger partial charge in [-0.3, -0.25) is 14.4 Å². The van der Waals surface area contributed by atoms with Gasteiger partial charge in [-0.25, -0.2) is 4.98 Å². The van der Waals surface area contributed by atoms with Crippen LogP contribution in [0.25, 0.3) is 11.0 Å². The first-order chi connectivity index (χ1) is 17.3. The Kier molecular flexibility index (Phi) is 7.49. The van der Waals surface area contributed by atoms with Gasteiger partial charge in [0.15, 0.2) is 0 Å². The molecule has 0 saturated heterocycles. The maximum absolute atomic E-state index is 12.9. The van der Waals surface area contributed by atoms with Gasteiger partial charge in [-0.05, 0) is 42.0 Å². The van der Waals surface area contributed by atoms with Crippen molar-refractivity contribution in [3.8, 4) is 6.01 Å². The summed E-state index contributed by atoms with van der Waals surface area (Å²) in [6.07, 6.45) is 1.42. The third-order valence-corrected chi connectivity index (χ3v) is 5.83. The van der Waals surface area contributed by atoms with Crippen molar-refractivity contribution < 1.29 is 14.3 Å². The van der Waals surface area contributed by atoms with E-state index < -0.39 is 23.4 Å². The van der Waals surface area contributed by atoms with E-state index in [0.717, 1.165) is 5.56 Å². The highest BCUT2D eigenvalue weighted by atomic mass is 35.5. The maximum atomic E-state index is 12.9. The van der Waals surface area contributed by atoms with Crippen LogP contribution in [0.4, 0.5) is 5.69 Å². The number of hydrogen-bond acceptors (Lipinski definition) is 7. The highest BCUT2D eigenvalue weighted by Crippen LogP contribution is 2.25. The van der Waals surface area contributed by atoms with Crippen molar-refractivity contribution in [3.63, 3.8) is 0 Å². The van der Waals surface area contributed by atoms with E-state index in [0.29, 0.717) is 10.4 Å². The van der Waals surface area contributed by atoms with Crippen molar-refractivity contribution in [3.05, 3.63) is 91.8 Å². The van der Waals surface area contributed by atoms with Crippen LogP contribution in [0.15, 0.2) is 59.5 Å². The monoisotopic (exact) mass is 526 g/mol. The van der Waals surface area contributed by atoms with Crippen LogP contribution in [-0.4, -0.2) is 40.4 Å². The second-order valence-electron chi connectivity index (χ2n) is 7.64. The number of rotatable bonds is 7. The number of nitrogens with two attached hydrogens (primary N) is 1. The maximum Gasteiger partial charge on any atom is 0.318 e. The molecule has 4 rings (SSSR count). The molecule has 0 bridgehead atoms. The number of hydrogen-bond donors (Lipinski definition) is 4. The number of carbonyl (C=O) groups excluding carboxylic acids is 2. The first-order valence-electron chi connectivity index (χ1n) is 10.6. The molecule has 0 fully saturated rings. The van der Waals surface area contributed by atoms with Gasteiger partial charge in [0, 0.05) is 28.7 Å². The van der Waals surface area contributed by atoms with Crippen LogP contribution < -0.4 is 26.7 Å². The van der Waals surface area contributed by atoms with E-state index in [2.05, 4.69) is 25.6 Å². The van der Waals surface area contributed by atoms with Gasteiger partial charge in [0.2, 0.25) is 0 Å². The van der Waals surface area contributed by atoms with E-state index in [9.17, 15) is 14.4 Å². The van der Waals surface area contributed by atoms with Gasteiger partial charge in [-0.1, -0.05) is 35.3 Å². The Labute approximate surface area is 214 Å². The van der Waals surface area contributed by atoms with Crippen molar-refractivity contribution in [2.24, 2.45) is 5.73 Å². The third kappa shape index (κ3) is 5.46. The number of ether oxygens (including phenoxy) is 1. The minimum absolute atomic E-state index is 0.0736. The van der Waals surface area contributed by atoms with Gasteiger partial charge in [0.1, 0.15) is 11.2 Å².